The molecule has 1 saturated heterocycles. The van der Waals surface area contributed by atoms with Gasteiger partial charge < -0.3 is 14.8 Å². The molecular formula is C32H32N2O5. The van der Waals surface area contributed by atoms with Gasteiger partial charge in [-0.05, 0) is 36.1 Å². The fourth-order valence-corrected chi connectivity index (χ4v) is 4.47. The zero-order chi connectivity index (χ0) is 27.8. The van der Waals surface area contributed by atoms with E-state index in [1.807, 2.05) is 91.0 Å². The Kier molecular flexibility index (Phi) is 9.07. The number of nitrogens with zero attached hydrogens (tertiary/aromatic N) is 1. The Bertz CT molecular complexity index is 1300. The Morgan fingerprint density at radius 3 is 1.97 bits per heavy atom. The van der Waals surface area contributed by atoms with Crippen molar-refractivity contribution in [1.29, 1.82) is 0 Å². The number of allylic oxidation sites excluding steroid dienone is 1. The Hall–Kier alpha value is -4.49. The van der Waals surface area contributed by atoms with E-state index in [0.717, 1.165) is 16.7 Å². The highest BCUT2D eigenvalue weighted by molar-refractivity contribution is 6.01. The average molecular weight is 525 g/mol. The number of nitrogens with one attached hydrogen (secondary N) is 1. The Balaban J connectivity index is 1.56. The van der Waals surface area contributed by atoms with Crippen molar-refractivity contribution < 1.29 is 23.9 Å². The van der Waals surface area contributed by atoms with E-state index in [9.17, 15) is 14.4 Å². The molecular weight excluding hydrogens is 492 g/mol. The van der Waals surface area contributed by atoms with Crippen LogP contribution in [0.5, 0.6) is 0 Å². The van der Waals surface area contributed by atoms with Crippen LogP contribution in [0.3, 0.4) is 0 Å². The van der Waals surface area contributed by atoms with Crippen LogP contribution in [-0.4, -0.2) is 41.6 Å². The largest absolute Gasteiger partial charge is 0.448 e. The second-order valence-corrected chi connectivity index (χ2v) is 9.38. The highest BCUT2D eigenvalue weighted by atomic mass is 16.5. The van der Waals surface area contributed by atoms with E-state index in [2.05, 4.69) is 11.9 Å². The summed E-state index contributed by atoms with van der Waals surface area (Å²) in [5.74, 6) is -1.43. The monoisotopic (exact) mass is 524 g/mol. The van der Waals surface area contributed by atoms with Gasteiger partial charge >= 0.3 is 5.97 Å². The summed E-state index contributed by atoms with van der Waals surface area (Å²) in [5.41, 5.74) is 3.08. The van der Waals surface area contributed by atoms with Crippen LogP contribution < -0.4 is 5.32 Å². The van der Waals surface area contributed by atoms with Gasteiger partial charge in [-0.3, -0.25) is 14.5 Å². The van der Waals surface area contributed by atoms with Gasteiger partial charge in [0.2, 0.25) is 5.91 Å². The van der Waals surface area contributed by atoms with Gasteiger partial charge in [-0.2, -0.15) is 0 Å². The molecule has 4 rings (SSSR count). The number of β-lactam (4-membered cyclic amide) rings is 1. The number of carbonyl (C=O) groups excluding carboxylic acids is 3. The third kappa shape index (κ3) is 6.51. The molecule has 1 aliphatic rings. The first kappa shape index (κ1) is 27.5. The number of hydrogen-bond acceptors (Lipinski definition) is 5. The lowest BCUT2D eigenvalue weighted by molar-refractivity contribution is -0.181. The molecule has 2 atom stereocenters. The third-order valence-corrected chi connectivity index (χ3v) is 6.29. The van der Waals surface area contributed by atoms with Gasteiger partial charge in [0.05, 0.1) is 13.0 Å². The maximum absolute atomic E-state index is 13.7. The molecule has 0 bridgehead atoms. The molecule has 0 saturated carbocycles. The molecule has 3 aromatic carbocycles. The van der Waals surface area contributed by atoms with Gasteiger partial charge in [0.15, 0.2) is 18.4 Å². The summed E-state index contributed by atoms with van der Waals surface area (Å²) in [6, 6.07) is 27.1. The standard InChI is InChI=1S/C32H32N2O5/c1-4-20-38-31-27(33-26(35)21-23-14-8-5-9-15-23)30(36)34(31)28(22(2)3)32(37)39-29(24-16-10-6-11-17-24)25-18-12-7-13-19-25/h4-19,27,29,31H,1,20-21H2,2-3H3,(H,33,35)/t27-,31-/m1/s1. The van der Waals surface area contributed by atoms with E-state index < -0.39 is 30.3 Å². The Labute approximate surface area is 228 Å². The fraction of sp³-hybridized carbons (Fsp3) is 0.219. The van der Waals surface area contributed by atoms with E-state index in [4.69, 9.17) is 9.47 Å². The van der Waals surface area contributed by atoms with Crippen molar-refractivity contribution in [1.82, 2.24) is 10.2 Å². The second-order valence-electron chi connectivity index (χ2n) is 9.38. The van der Waals surface area contributed by atoms with E-state index >= 15 is 0 Å². The van der Waals surface area contributed by atoms with Gasteiger partial charge in [0.25, 0.3) is 5.91 Å². The third-order valence-electron chi connectivity index (χ3n) is 6.29. The summed E-state index contributed by atoms with van der Waals surface area (Å²) in [7, 11) is 0. The topological polar surface area (TPSA) is 84.9 Å². The van der Waals surface area contributed by atoms with Crippen LogP contribution in [0.2, 0.25) is 0 Å². The zero-order valence-electron chi connectivity index (χ0n) is 22.1. The number of hydrogen-bond donors (Lipinski definition) is 1. The predicted octanol–water partition coefficient (Wildman–Crippen LogP) is 4.71. The Morgan fingerprint density at radius 2 is 1.46 bits per heavy atom. The van der Waals surface area contributed by atoms with Gasteiger partial charge in [0.1, 0.15) is 5.70 Å². The first-order valence-electron chi connectivity index (χ1n) is 12.8. The summed E-state index contributed by atoms with van der Waals surface area (Å²) in [5, 5.41) is 2.76. The summed E-state index contributed by atoms with van der Waals surface area (Å²) < 4.78 is 11.9. The Morgan fingerprint density at radius 1 is 0.923 bits per heavy atom. The number of benzene rings is 3. The molecule has 0 radical (unpaired) electrons. The zero-order valence-corrected chi connectivity index (χ0v) is 22.1. The second kappa shape index (κ2) is 12.8. The van der Waals surface area contributed by atoms with Crippen LogP contribution >= 0.6 is 0 Å². The van der Waals surface area contributed by atoms with Crippen molar-refractivity contribution >= 4 is 17.8 Å². The van der Waals surface area contributed by atoms with Crippen molar-refractivity contribution in [2.75, 3.05) is 6.61 Å². The van der Waals surface area contributed by atoms with Crippen molar-refractivity contribution in [3.05, 3.63) is 132 Å². The maximum atomic E-state index is 13.7. The molecule has 200 valence electrons. The summed E-state index contributed by atoms with van der Waals surface area (Å²) in [4.78, 5) is 41.0. The summed E-state index contributed by atoms with van der Waals surface area (Å²) in [6.07, 6.45) is 0.0938. The molecule has 0 aromatic heterocycles. The fourth-order valence-electron chi connectivity index (χ4n) is 4.47. The quantitative estimate of drug-likeness (QED) is 0.170. The molecule has 0 aliphatic carbocycles. The molecule has 1 N–H and O–H groups in total. The van der Waals surface area contributed by atoms with Gasteiger partial charge in [0, 0.05) is 0 Å². The van der Waals surface area contributed by atoms with Crippen LogP contribution in [0.25, 0.3) is 0 Å². The molecule has 1 aliphatic heterocycles. The highest BCUT2D eigenvalue weighted by Gasteiger charge is 2.52. The molecule has 7 nitrogen and oxygen atoms in total. The number of likely N-dealkylation sites (tertiary alicyclic amines) is 1. The van der Waals surface area contributed by atoms with E-state index in [1.54, 1.807) is 19.9 Å². The smallest absolute Gasteiger partial charge is 0.356 e. The van der Waals surface area contributed by atoms with E-state index in [1.165, 1.54) is 4.90 Å². The van der Waals surface area contributed by atoms with Gasteiger partial charge in [-0.15, -0.1) is 6.58 Å². The number of amides is 2. The van der Waals surface area contributed by atoms with Crippen LogP contribution in [0.1, 0.15) is 36.6 Å². The van der Waals surface area contributed by atoms with Crippen molar-refractivity contribution in [2.45, 2.75) is 38.6 Å². The summed E-state index contributed by atoms with van der Waals surface area (Å²) >= 11 is 0. The minimum absolute atomic E-state index is 0.0829. The molecule has 1 heterocycles. The first-order chi connectivity index (χ1) is 18.9. The minimum Gasteiger partial charge on any atom is -0.448 e. The first-order valence-corrected chi connectivity index (χ1v) is 12.8. The number of carbonyl (C=O) groups is 3. The lowest BCUT2D eigenvalue weighted by Crippen LogP contribution is -2.71. The number of ether oxygens (including phenoxy) is 2. The molecule has 0 spiro atoms. The number of esters is 1. The molecule has 2 amide bonds. The van der Waals surface area contributed by atoms with Crippen molar-refractivity contribution in [2.24, 2.45) is 0 Å². The van der Waals surface area contributed by atoms with Crippen LogP contribution in [0.15, 0.2) is 115 Å². The van der Waals surface area contributed by atoms with Crippen LogP contribution in [-0.2, 0) is 30.3 Å². The number of rotatable bonds is 11. The molecule has 39 heavy (non-hydrogen) atoms. The van der Waals surface area contributed by atoms with Crippen LogP contribution in [0.4, 0.5) is 0 Å². The van der Waals surface area contributed by atoms with E-state index in [-0.39, 0.29) is 24.6 Å². The lowest BCUT2D eigenvalue weighted by Gasteiger charge is -2.47. The van der Waals surface area contributed by atoms with Crippen molar-refractivity contribution in [3.8, 4) is 0 Å². The van der Waals surface area contributed by atoms with Crippen molar-refractivity contribution in [3.63, 3.8) is 0 Å². The highest BCUT2D eigenvalue weighted by Crippen LogP contribution is 2.32. The average Bonchev–Trinajstić information content (AvgIpc) is 2.95. The molecule has 7 heteroatoms. The minimum atomic E-state index is -0.942. The van der Waals surface area contributed by atoms with E-state index in [0.29, 0.717) is 5.57 Å². The predicted molar refractivity (Wildman–Crippen MR) is 148 cm³/mol. The SMILES string of the molecule is C=CCO[C@@H]1[C@H](NC(=O)Cc2ccccc2)C(=O)N1C(C(=O)OC(c1ccccc1)c1ccccc1)=C(C)C. The molecule has 3 aromatic rings. The molecule has 1 fully saturated rings. The summed E-state index contributed by atoms with van der Waals surface area (Å²) in [6.45, 7) is 7.27. The molecule has 0 unspecified atom stereocenters. The maximum Gasteiger partial charge on any atom is 0.356 e. The van der Waals surface area contributed by atoms with Crippen LogP contribution in [0, 0.1) is 0 Å². The normalized spacial score (nSPS) is 16.3. The lowest BCUT2D eigenvalue weighted by atomic mass is 9.99. The van der Waals surface area contributed by atoms with Gasteiger partial charge in [-0.25, -0.2) is 4.79 Å². The van der Waals surface area contributed by atoms with Gasteiger partial charge in [-0.1, -0.05) is 97.1 Å².